The number of hydrogen-bond acceptors (Lipinski definition) is 3. The Morgan fingerprint density at radius 1 is 1.33 bits per heavy atom. The summed E-state index contributed by atoms with van der Waals surface area (Å²) in [5, 5.41) is 8.84. The molecule has 1 aromatic heterocycles. The van der Waals surface area contributed by atoms with Gasteiger partial charge in [-0.3, -0.25) is 0 Å². The average molecular weight is 249 g/mol. The van der Waals surface area contributed by atoms with E-state index in [0.29, 0.717) is 30.7 Å². The Kier molecular flexibility index (Phi) is 4.10. The second-order valence-electron chi connectivity index (χ2n) is 4.05. The fraction of sp³-hybridized carbons (Fsp3) is 0.357. The van der Waals surface area contributed by atoms with Gasteiger partial charge < -0.3 is 9.52 Å². The van der Waals surface area contributed by atoms with E-state index in [4.69, 9.17) is 9.52 Å². The first-order chi connectivity index (χ1) is 8.76. The minimum atomic E-state index is -0.338. The summed E-state index contributed by atoms with van der Waals surface area (Å²) in [6.07, 6.45) is 2.00. The van der Waals surface area contributed by atoms with Gasteiger partial charge in [-0.25, -0.2) is 9.37 Å². The first kappa shape index (κ1) is 12.8. The molecule has 0 radical (unpaired) electrons. The van der Waals surface area contributed by atoms with Crippen LogP contribution in [0.5, 0.6) is 0 Å². The molecule has 0 aliphatic heterocycles. The van der Waals surface area contributed by atoms with Crippen molar-refractivity contribution in [2.45, 2.75) is 26.2 Å². The van der Waals surface area contributed by atoms with Gasteiger partial charge in [0.15, 0.2) is 0 Å². The van der Waals surface area contributed by atoms with Crippen LogP contribution in [0.25, 0.3) is 11.5 Å². The molecule has 0 unspecified atom stereocenters. The molecule has 0 saturated heterocycles. The van der Waals surface area contributed by atoms with E-state index in [0.717, 1.165) is 11.5 Å². The predicted molar refractivity (Wildman–Crippen MR) is 66.7 cm³/mol. The molecule has 0 bridgehead atoms. The number of hydrogen-bond donors (Lipinski definition) is 1. The van der Waals surface area contributed by atoms with Crippen LogP contribution < -0.4 is 0 Å². The summed E-state index contributed by atoms with van der Waals surface area (Å²) in [5.74, 6) is 0.745. The first-order valence-corrected chi connectivity index (χ1v) is 6.10. The molecule has 0 fully saturated rings. The van der Waals surface area contributed by atoms with Crippen molar-refractivity contribution in [3.63, 3.8) is 0 Å². The molecular formula is C14H16FNO2. The summed E-state index contributed by atoms with van der Waals surface area (Å²) in [5.41, 5.74) is 1.19. The smallest absolute Gasteiger partial charge is 0.229 e. The molecule has 0 atom stereocenters. The van der Waals surface area contributed by atoms with E-state index in [-0.39, 0.29) is 12.4 Å². The van der Waals surface area contributed by atoms with Gasteiger partial charge in [-0.05, 0) is 25.0 Å². The second kappa shape index (κ2) is 5.78. The van der Waals surface area contributed by atoms with Gasteiger partial charge in [-0.2, -0.15) is 0 Å². The molecule has 0 spiro atoms. The predicted octanol–water partition coefficient (Wildman–Crippen LogP) is 2.97. The average Bonchev–Trinajstić information content (AvgIpc) is 2.80. The van der Waals surface area contributed by atoms with Crippen molar-refractivity contribution < 1.29 is 13.9 Å². The lowest BCUT2D eigenvalue weighted by Gasteiger charge is -1.96. The molecule has 1 heterocycles. The molecule has 18 heavy (non-hydrogen) atoms. The third-order valence-electron chi connectivity index (χ3n) is 2.78. The monoisotopic (exact) mass is 249 g/mol. The SMILES string of the molecule is CCc1oc(-c2ccccc2F)nc1CCCO. The second-order valence-corrected chi connectivity index (χ2v) is 4.05. The van der Waals surface area contributed by atoms with Crippen molar-refractivity contribution >= 4 is 0 Å². The third-order valence-corrected chi connectivity index (χ3v) is 2.78. The Labute approximate surface area is 105 Å². The van der Waals surface area contributed by atoms with E-state index in [1.807, 2.05) is 6.92 Å². The van der Waals surface area contributed by atoms with Gasteiger partial charge in [0, 0.05) is 13.0 Å². The van der Waals surface area contributed by atoms with Crippen molar-refractivity contribution in [2.24, 2.45) is 0 Å². The van der Waals surface area contributed by atoms with Gasteiger partial charge >= 0.3 is 0 Å². The Morgan fingerprint density at radius 2 is 2.11 bits per heavy atom. The van der Waals surface area contributed by atoms with Crippen molar-refractivity contribution in [3.05, 3.63) is 41.5 Å². The number of nitrogens with zero attached hydrogens (tertiary/aromatic N) is 1. The zero-order valence-electron chi connectivity index (χ0n) is 10.3. The lowest BCUT2D eigenvalue weighted by Crippen LogP contribution is -1.93. The molecule has 4 heteroatoms. The molecular weight excluding hydrogens is 233 g/mol. The largest absolute Gasteiger partial charge is 0.441 e. The van der Waals surface area contributed by atoms with Gasteiger partial charge in [0.2, 0.25) is 5.89 Å². The van der Waals surface area contributed by atoms with Crippen LogP contribution >= 0.6 is 0 Å². The van der Waals surface area contributed by atoms with Crippen molar-refractivity contribution in [1.82, 2.24) is 4.98 Å². The lowest BCUT2D eigenvalue weighted by atomic mass is 10.2. The molecule has 1 aromatic carbocycles. The van der Waals surface area contributed by atoms with Crippen LogP contribution in [-0.4, -0.2) is 16.7 Å². The van der Waals surface area contributed by atoms with Crippen LogP contribution in [0.15, 0.2) is 28.7 Å². The third kappa shape index (κ3) is 2.59. The maximum absolute atomic E-state index is 13.6. The molecule has 0 aliphatic rings. The van der Waals surface area contributed by atoms with E-state index in [2.05, 4.69) is 4.98 Å². The number of oxazole rings is 1. The molecule has 96 valence electrons. The number of halogens is 1. The van der Waals surface area contributed by atoms with Crippen LogP contribution in [-0.2, 0) is 12.8 Å². The maximum atomic E-state index is 13.6. The Bertz CT molecular complexity index is 522. The number of aliphatic hydroxyl groups is 1. The Hall–Kier alpha value is -1.68. The van der Waals surface area contributed by atoms with Crippen LogP contribution in [0, 0.1) is 5.82 Å². The number of benzene rings is 1. The molecule has 2 aromatic rings. The summed E-state index contributed by atoms with van der Waals surface area (Å²) in [6.45, 7) is 2.08. The fourth-order valence-electron chi connectivity index (χ4n) is 1.85. The summed E-state index contributed by atoms with van der Waals surface area (Å²) in [6, 6.07) is 6.42. The van der Waals surface area contributed by atoms with Crippen LogP contribution in [0.3, 0.4) is 0 Å². The molecule has 0 saturated carbocycles. The highest BCUT2D eigenvalue weighted by Crippen LogP contribution is 2.25. The van der Waals surface area contributed by atoms with Gasteiger partial charge in [0.05, 0.1) is 11.3 Å². The van der Waals surface area contributed by atoms with Crippen molar-refractivity contribution in [2.75, 3.05) is 6.61 Å². The Balaban J connectivity index is 2.35. The zero-order chi connectivity index (χ0) is 13.0. The highest BCUT2D eigenvalue weighted by molar-refractivity contribution is 5.54. The quantitative estimate of drug-likeness (QED) is 0.886. The molecule has 1 N–H and O–H groups in total. The van der Waals surface area contributed by atoms with E-state index < -0.39 is 0 Å². The van der Waals surface area contributed by atoms with Crippen LogP contribution in [0.1, 0.15) is 24.8 Å². The highest BCUT2D eigenvalue weighted by Gasteiger charge is 2.15. The normalized spacial score (nSPS) is 10.8. The fourth-order valence-corrected chi connectivity index (χ4v) is 1.85. The van der Waals surface area contributed by atoms with E-state index in [1.54, 1.807) is 18.2 Å². The highest BCUT2D eigenvalue weighted by atomic mass is 19.1. The summed E-state index contributed by atoms with van der Waals surface area (Å²) < 4.78 is 19.2. The maximum Gasteiger partial charge on any atom is 0.229 e. The number of aryl methyl sites for hydroxylation is 2. The lowest BCUT2D eigenvalue weighted by molar-refractivity contribution is 0.288. The number of aliphatic hydroxyl groups excluding tert-OH is 1. The van der Waals surface area contributed by atoms with E-state index in [9.17, 15) is 4.39 Å². The van der Waals surface area contributed by atoms with Gasteiger partial charge in [0.1, 0.15) is 11.6 Å². The van der Waals surface area contributed by atoms with Gasteiger partial charge in [0.25, 0.3) is 0 Å². The number of rotatable bonds is 5. The summed E-state index contributed by atoms with van der Waals surface area (Å²) in [4.78, 5) is 4.33. The standard InChI is InChI=1S/C14H16FNO2/c1-2-13-12(8-5-9-17)16-14(18-13)10-6-3-4-7-11(10)15/h3-4,6-7,17H,2,5,8-9H2,1H3. The van der Waals surface area contributed by atoms with Gasteiger partial charge in [-0.1, -0.05) is 19.1 Å². The minimum absolute atomic E-state index is 0.116. The molecule has 2 rings (SSSR count). The number of aromatic nitrogens is 1. The van der Waals surface area contributed by atoms with E-state index in [1.165, 1.54) is 6.07 Å². The molecule has 0 aliphatic carbocycles. The van der Waals surface area contributed by atoms with Crippen molar-refractivity contribution in [1.29, 1.82) is 0 Å². The summed E-state index contributed by atoms with van der Waals surface area (Å²) >= 11 is 0. The Morgan fingerprint density at radius 3 is 2.78 bits per heavy atom. The zero-order valence-corrected chi connectivity index (χ0v) is 10.3. The molecule has 0 amide bonds. The van der Waals surface area contributed by atoms with E-state index >= 15 is 0 Å². The van der Waals surface area contributed by atoms with Crippen molar-refractivity contribution in [3.8, 4) is 11.5 Å². The summed E-state index contributed by atoms with van der Waals surface area (Å²) in [7, 11) is 0. The van der Waals surface area contributed by atoms with Crippen LogP contribution in [0.4, 0.5) is 4.39 Å². The topological polar surface area (TPSA) is 46.3 Å². The minimum Gasteiger partial charge on any atom is -0.441 e. The molecule has 3 nitrogen and oxygen atoms in total. The van der Waals surface area contributed by atoms with Gasteiger partial charge in [-0.15, -0.1) is 0 Å². The first-order valence-electron chi connectivity index (χ1n) is 6.10. The van der Waals surface area contributed by atoms with Crippen LogP contribution in [0.2, 0.25) is 0 Å².